The molecule has 0 bridgehead atoms. The van der Waals surface area contributed by atoms with E-state index in [0.717, 1.165) is 27.1 Å². The predicted molar refractivity (Wildman–Crippen MR) is 93.4 cm³/mol. The van der Waals surface area contributed by atoms with Crippen molar-refractivity contribution in [2.24, 2.45) is 0 Å². The number of aromatic nitrogens is 4. The van der Waals surface area contributed by atoms with Crippen molar-refractivity contribution in [2.75, 3.05) is 0 Å². The summed E-state index contributed by atoms with van der Waals surface area (Å²) in [6.07, 6.45) is 0.712. The Labute approximate surface area is 143 Å². The lowest BCUT2D eigenvalue weighted by Gasteiger charge is -2.06. The second-order valence-corrected chi connectivity index (χ2v) is 6.56. The molecule has 6 heteroatoms. The smallest absolute Gasteiger partial charge is 0.234 e. The molecule has 0 atom stereocenters. The van der Waals surface area contributed by atoms with E-state index in [4.69, 9.17) is 4.74 Å². The highest BCUT2D eigenvalue weighted by atomic mass is 32.1. The van der Waals surface area contributed by atoms with E-state index in [1.165, 1.54) is 16.9 Å². The molecular weight excluding hydrogens is 320 g/mol. The number of benzene rings is 2. The molecule has 0 aliphatic rings. The molecule has 24 heavy (non-hydrogen) atoms. The van der Waals surface area contributed by atoms with Crippen LogP contribution in [-0.2, 0) is 13.0 Å². The van der Waals surface area contributed by atoms with Crippen molar-refractivity contribution in [1.82, 2.24) is 19.8 Å². The van der Waals surface area contributed by atoms with Gasteiger partial charge in [-0.2, -0.15) is 9.61 Å². The van der Waals surface area contributed by atoms with E-state index in [1.807, 2.05) is 53.9 Å². The second-order valence-electron chi connectivity index (χ2n) is 5.52. The van der Waals surface area contributed by atoms with E-state index in [9.17, 15) is 0 Å². The summed E-state index contributed by atoms with van der Waals surface area (Å²) < 4.78 is 7.68. The Bertz CT molecular complexity index is 961. The van der Waals surface area contributed by atoms with Gasteiger partial charge in [0, 0.05) is 6.42 Å². The molecule has 0 N–H and O–H groups in total. The van der Waals surface area contributed by atoms with Gasteiger partial charge in [0.1, 0.15) is 12.4 Å². The molecule has 0 radical (unpaired) electrons. The predicted octanol–water partition coefficient (Wildman–Crippen LogP) is 3.66. The zero-order valence-corrected chi connectivity index (χ0v) is 14.0. The minimum Gasteiger partial charge on any atom is -0.486 e. The normalized spacial score (nSPS) is 11.0. The highest BCUT2D eigenvalue weighted by molar-refractivity contribution is 7.16. The van der Waals surface area contributed by atoms with Crippen molar-refractivity contribution in [2.45, 2.75) is 20.0 Å². The van der Waals surface area contributed by atoms with Crippen molar-refractivity contribution in [3.05, 3.63) is 76.6 Å². The van der Waals surface area contributed by atoms with Crippen LogP contribution in [0.4, 0.5) is 0 Å². The first-order valence-corrected chi connectivity index (χ1v) is 8.53. The summed E-state index contributed by atoms with van der Waals surface area (Å²) in [7, 11) is 0. The fourth-order valence-corrected chi connectivity index (χ4v) is 3.27. The molecule has 5 nitrogen and oxygen atoms in total. The van der Waals surface area contributed by atoms with Crippen LogP contribution in [0.25, 0.3) is 4.96 Å². The quantitative estimate of drug-likeness (QED) is 0.558. The Morgan fingerprint density at radius 2 is 1.79 bits per heavy atom. The Morgan fingerprint density at radius 3 is 2.62 bits per heavy atom. The third-order valence-corrected chi connectivity index (χ3v) is 4.62. The van der Waals surface area contributed by atoms with Crippen LogP contribution in [0.2, 0.25) is 0 Å². The number of nitrogens with zero attached hydrogens (tertiary/aromatic N) is 4. The summed E-state index contributed by atoms with van der Waals surface area (Å²) >= 11 is 1.51. The highest BCUT2D eigenvalue weighted by Crippen LogP contribution is 2.20. The molecule has 4 rings (SSSR count). The minimum atomic E-state index is 0.434. The first-order chi connectivity index (χ1) is 11.8. The first kappa shape index (κ1) is 14.8. The van der Waals surface area contributed by atoms with Gasteiger partial charge in [0.05, 0.1) is 0 Å². The third kappa shape index (κ3) is 3.00. The largest absolute Gasteiger partial charge is 0.486 e. The topological polar surface area (TPSA) is 52.3 Å². The molecule has 120 valence electrons. The van der Waals surface area contributed by atoms with Gasteiger partial charge in [0.25, 0.3) is 0 Å². The lowest BCUT2D eigenvalue weighted by molar-refractivity contribution is 0.302. The Balaban J connectivity index is 1.53. The monoisotopic (exact) mass is 336 g/mol. The standard InChI is InChI=1S/C18H16N4OS/c1-13-7-5-6-10-15(13)23-12-17-21-22-16(19-20-18(22)24-17)11-14-8-3-2-4-9-14/h2-10H,11-12H2,1H3. The molecule has 0 aliphatic heterocycles. The molecule has 0 fully saturated rings. The molecule has 0 amide bonds. The minimum absolute atomic E-state index is 0.434. The van der Waals surface area contributed by atoms with Crippen LogP contribution in [0.15, 0.2) is 54.6 Å². The summed E-state index contributed by atoms with van der Waals surface area (Å²) in [5.74, 6) is 1.72. The summed E-state index contributed by atoms with van der Waals surface area (Å²) in [6, 6.07) is 18.2. The van der Waals surface area contributed by atoms with Gasteiger partial charge in [-0.15, -0.1) is 10.2 Å². The molecule has 0 saturated heterocycles. The summed E-state index contributed by atoms with van der Waals surface area (Å²) in [4.78, 5) is 0.796. The van der Waals surface area contributed by atoms with Gasteiger partial charge < -0.3 is 4.74 Å². The van der Waals surface area contributed by atoms with Crippen LogP contribution in [0, 0.1) is 6.92 Å². The summed E-state index contributed by atoms with van der Waals surface area (Å²) in [6.45, 7) is 2.47. The maximum Gasteiger partial charge on any atom is 0.234 e. The fourth-order valence-electron chi connectivity index (χ4n) is 2.50. The lowest BCUT2D eigenvalue weighted by atomic mass is 10.1. The molecule has 0 spiro atoms. The first-order valence-electron chi connectivity index (χ1n) is 7.72. The van der Waals surface area contributed by atoms with Gasteiger partial charge in [0.2, 0.25) is 4.96 Å². The number of aryl methyl sites for hydroxylation is 1. The van der Waals surface area contributed by atoms with E-state index < -0.39 is 0 Å². The number of para-hydroxylation sites is 1. The Hall–Kier alpha value is -2.73. The van der Waals surface area contributed by atoms with E-state index in [0.29, 0.717) is 13.0 Å². The molecule has 0 unspecified atom stereocenters. The van der Waals surface area contributed by atoms with E-state index in [-0.39, 0.29) is 0 Å². The van der Waals surface area contributed by atoms with Crippen LogP contribution >= 0.6 is 11.3 Å². The van der Waals surface area contributed by atoms with Gasteiger partial charge in [-0.1, -0.05) is 59.9 Å². The van der Waals surface area contributed by atoms with Crippen LogP contribution in [0.1, 0.15) is 22.0 Å². The van der Waals surface area contributed by atoms with Gasteiger partial charge in [-0.05, 0) is 24.1 Å². The van der Waals surface area contributed by atoms with Gasteiger partial charge in [-0.25, -0.2) is 0 Å². The molecule has 2 heterocycles. The molecule has 2 aromatic heterocycles. The molecule has 0 aliphatic carbocycles. The lowest BCUT2D eigenvalue weighted by Crippen LogP contribution is -2.00. The van der Waals surface area contributed by atoms with Gasteiger partial charge in [-0.3, -0.25) is 0 Å². The van der Waals surface area contributed by atoms with Crippen LogP contribution in [-0.4, -0.2) is 19.8 Å². The van der Waals surface area contributed by atoms with Crippen molar-refractivity contribution in [3.63, 3.8) is 0 Å². The van der Waals surface area contributed by atoms with Crippen molar-refractivity contribution in [1.29, 1.82) is 0 Å². The number of rotatable bonds is 5. The number of fused-ring (bicyclic) bond motifs is 1. The average Bonchev–Trinajstić information content (AvgIpc) is 3.17. The van der Waals surface area contributed by atoms with E-state index in [1.54, 1.807) is 0 Å². The van der Waals surface area contributed by atoms with Crippen LogP contribution in [0.5, 0.6) is 5.75 Å². The summed E-state index contributed by atoms with van der Waals surface area (Å²) in [5, 5.41) is 14.0. The van der Waals surface area contributed by atoms with Crippen molar-refractivity contribution >= 4 is 16.3 Å². The third-order valence-electron chi connectivity index (χ3n) is 3.75. The van der Waals surface area contributed by atoms with Gasteiger partial charge >= 0.3 is 0 Å². The number of ether oxygens (including phenoxy) is 1. The maximum atomic E-state index is 5.87. The van der Waals surface area contributed by atoms with Crippen LogP contribution < -0.4 is 4.74 Å². The van der Waals surface area contributed by atoms with E-state index in [2.05, 4.69) is 27.4 Å². The zero-order chi connectivity index (χ0) is 16.4. The zero-order valence-electron chi connectivity index (χ0n) is 13.2. The highest BCUT2D eigenvalue weighted by Gasteiger charge is 2.12. The van der Waals surface area contributed by atoms with Crippen molar-refractivity contribution < 1.29 is 4.74 Å². The summed E-state index contributed by atoms with van der Waals surface area (Å²) in [5.41, 5.74) is 2.31. The van der Waals surface area contributed by atoms with Gasteiger partial charge in [0.15, 0.2) is 10.8 Å². The molecule has 2 aromatic carbocycles. The fraction of sp³-hybridized carbons (Fsp3) is 0.167. The Kier molecular flexibility index (Phi) is 3.96. The molecular formula is C18H16N4OS. The maximum absolute atomic E-state index is 5.87. The van der Waals surface area contributed by atoms with E-state index >= 15 is 0 Å². The Morgan fingerprint density at radius 1 is 1.00 bits per heavy atom. The van der Waals surface area contributed by atoms with Crippen molar-refractivity contribution in [3.8, 4) is 5.75 Å². The SMILES string of the molecule is Cc1ccccc1OCc1nn2c(Cc3ccccc3)nnc2s1. The number of hydrogen-bond donors (Lipinski definition) is 0. The second kappa shape index (κ2) is 6.41. The number of hydrogen-bond acceptors (Lipinski definition) is 5. The average molecular weight is 336 g/mol. The van der Waals surface area contributed by atoms with Crippen LogP contribution in [0.3, 0.4) is 0 Å². The molecule has 4 aromatic rings. The molecule has 0 saturated carbocycles.